The Bertz CT molecular complexity index is 238. The van der Waals surface area contributed by atoms with Crippen molar-refractivity contribution in [2.24, 2.45) is 5.92 Å². The van der Waals surface area contributed by atoms with Crippen LogP contribution in [-0.4, -0.2) is 42.9 Å². The monoisotopic (exact) mass is 202 g/mol. The molecule has 2 aliphatic rings. The van der Waals surface area contributed by atoms with E-state index >= 15 is 0 Å². The minimum absolute atomic E-state index is 0.0369. The van der Waals surface area contributed by atoms with E-state index in [1.54, 1.807) is 14.2 Å². The molecule has 2 aliphatic heterocycles. The highest BCUT2D eigenvalue weighted by atomic mass is 16.7. The molecule has 0 amide bonds. The van der Waals surface area contributed by atoms with Gasteiger partial charge in [-0.2, -0.15) is 0 Å². The van der Waals surface area contributed by atoms with Crippen molar-refractivity contribution >= 4 is 0 Å². The Morgan fingerprint density at radius 3 is 2.29 bits per heavy atom. The molecule has 0 spiro atoms. The molecule has 0 saturated carbocycles. The third-order valence-corrected chi connectivity index (χ3v) is 3.93. The van der Waals surface area contributed by atoms with Gasteiger partial charge in [0.05, 0.1) is 12.2 Å². The number of methoxy groups -OCH3 is 2. The van der Waals surface area contributed by atoms with E-state index in [9.17, 15) is 5.11 Å². The van der Waals surface area contributed by atoms with Crippen LogP contribution in [0.25, 0.3) is 0 Å². The van der Waals surface area contributed by atoms with E-state index in [4.69, 9.17) is 14.2 Å². The van der Waals surface area contributed by atoms with Crippen molar-refractivity contribution in [1.82, 2.24) is 0 Å². The third-order valence-electron chi connectivity index (χ3n) is 3.93. The number of aliphatic hydroxyl groups excluding tert-OH is 1. The van der Waals surface area contributed by atoms with E-state index in [2.05, 4.69) is 0 Å². The topological polar surface area (TPSA) is 47.9 Å². The summed E-state index contributed by atoms with van der Waals surface area (Å²) in [6.45, 7) is 3.85. The van der Waals surface area contributed by atoms with E-state index < -0.39 is 17.5 Å². The normalized spacial score (nSPS) is 49.9. The smallest absolute Gasteiger partial charge is 0.201 e. The van der Waals surface area contributed by atoms with E-state index in [0.717, 1.165) is 0 Å². The van der Waals surface area contributed by atoms with Crippen molar-refractivity contribution in [3.8, 4) is 0 Å². The SMILES string of the molecule is COC1(OC)C[C@@H]2O[C@@]1(C)[C@@H](O)[C@@H]2C. The number of fused-ring (bicyclic) bond motifs is 2. The van der Waals surface area contributed by atoms with E-state index in [1.165, 1.54) is 0 Å². The molecule has 2 rings (SSSR count). The summed E-state index contributed by atoms with van der Waals surface area (Å²) in [6.07, 6.45) is 0.199. The fourth-order valence-corrected chi connectivity index (χ4v) is 2.86. The van der Waals surface area contributed by atoms with Crippen LogP contribution in [0.15, 0.2) is 0 Å². The van der Waals surface area contributed by atoms with Gasteiger partial charge in [-0.3, -0.25) is 0 Å². The summed E-state index contributed by atoms with van der Waals surface area (Å²) in [5.74, 6) is -0.637. The molecule has 0 aliphatic carbocycles. The zero-order valence-corrected chi connectivity index (χ0v) is 9.11. The maximum Gasteiger partial charge on any atom is 0.201 e. The minimum atomic E-state index is -0.788. The number of hydrogen-bond donors (Lipinski definition) is 1. The number of rotatable bonds is 2. The van der Waals surface area contributed by atoms with Gasteiger partial charge in [0.2, 0.25) is 5.79 Å². The van der Waals surface area contributed by atoms with Crippen LogP contribution in [0.4, 0.5) is 0 Å². The Hall–Kier alpha value is -0.160. The molecule has 1 N–H and O–H groups in total. The molecule has 2 fully saturated rings. The maximum absolute atomic E-state index is 10.1. The van der Waals surface area contributed by atoms with Crippen molar-refractivity contribution in [3.05, 3.63) is 0 Å². The predicted octanol–water partition coefficient (Wildman–Crippen LogP) is 0.534. The molecular weight excluding hydrogens is 184 g/mol. The molecule has 2 heterocycles. The van der Waals surface area contributed by atoms with Crippen molar-refractivity contribution < 1.29 is 19.3 Å². The van der Waals surface area contributed by atoms with Crippen molar-refractivity contribution in [3.63, 3.8) is 0 Å². The van der Waals surface area contributed by atoms with Crippen LogP contribution < -0.4 is 0 Å². The van der Waals surface area contributed by atoms with Gasteiger partial charge in [-0.25, -0.2) is 0 Å². The van der Waals surface area contributed by atoms with E-state index in [1.807, 2.05) is 13.8 Å². The molecule has 4 nitrogen and oxygen atoms in total. The zero-order valence-electron chi connectivity index (χ0n) is 9.11. The summed E-state index contributed by atoms with van der Waals surface area (Å²) in [7, 11) is 3.19. The molecule has 2 bridgehead atoms. The largest absolute Gasteiger partial charge is 0.390 e. The van der Waals surface area contributed by atoms with Gasteiger partial charge in [0.25, 0.3) is 0 Å². The molecule has 0 unspecified atom stereocenters. The lowest BCUT2D eigenvalue weighted by Crippen LogP contribution is -2.60. The number of ether oxygens (including phenoxy) is 3. The van der Waals surface area contributed by atoms with Crippen LogP contribution in [-0.2, 0) is 14.2 Å². The van der Waals surface area contributed by atoms with Gasteiger partial charge in [-0.15, -0.1) is 0 Å². The summed E-state index contributed by atoms with van der Waals surface area (Å²) >= 11 is 0. The number of aliphatic hydroxyl groups is 1. The second-order valence-electron chi connectivity index (χ2n) is 4.43. The fraction of sp³-hybridized carbons (Fsp3) is 1.00. The first kappa shape index (κ1) is 10.4. The molecule has 0 radical (unpaired) electrons. The van der Waals surface area contributed by atoms with Crippen molar-refractivity contribution in [2.75, 3.05) is 14.2 Å². The van der Waals surface area contributed by atoms with Crippen LogP contribution in [0.3, 0.4) is 0 Å². The van der Waals surface area contributed by atoms with Gasteiger partial charge in [0, 0.05) is 26.6 Å². The Labute approximate surface area is 84.1 Å². The molecule has 82 valence electrons. The summed E-state index contributed by atoms with van der Waals surface area (Å²) in [5, 5.41) is 10.1. The van der Waals surface area contributed by atoms with Gasteiger partial charge in [-0.1, -0.05) is 6.92 Å². The third kappa shape index (κ3) is 0.922. The highest BCUT2D eigenvalue weighted by molar-refractivity contribution is 5.13. The second kappa shape index (κ2) is 2.92. The number of hydrogen-bond acceptors (Lipinski definition) is 4. The standard InChI is InChI=1S/C10H18O4/c1-6-7-5-10(12-3,13-4)9(2,14-7)8(6)11/h6-8,11H,5H2,1-4H3/t6-,7+,8+,9+/m1/s1. The summed E-state index contributed by atoms with van der Waals surface area (Å²) in [6, 6.07) is 0. The van der Waals surface area contributed by atoms with Gasteiger partial charge in [0.15, 0.2) is 0 Å². The highest BCUT2D eigenvalue weighted by Crippen LogP contribution is 2.54. The molecular formula is C10H18O4. The first-order valence-corrected chi connectivity index (χ1v) is 4.97. The lowest BCUT2D eigenvalue weighted by atomic mass is 9.76. The van der Waals surface area contributed by atoms with Crippen LogP contribution in [0.5, 0.6) is 0 Å². The minimum Gasteiger partial charge on any atom is -0.390 e. The first-order valence-electron chi connectivity index (χ1n) is 4.97. The Balaban J connectivity index is 2.35. The molecule has 14 heavy (non-hydrogen) atoms. The summed E-state index contributed by atoms with van der Waals surface area (Å²) in [4.78, 5) is 0. The Morgan fingerprint density at radius 2 is 1.93 bits per heavy atom. The summed E-state index contributed by atoms with van der Waals surface area (Å²) < 4.78 is 16.6. The molecule has 2 saturated heterocycles. The van der Waals surface area contributed by atoms with Crippen molar-refractivity contribution in [1.29, 1.82) is 0 Å². The van der Waals surface area contributed by atoms with Gasteiger partial charge in [-0.05, 0) is 6.92 Å². The average molecular weight is 202 g/mol. The van der Waals surface area contributed by atoms with Crippen LogP contribution >= 0.6 is 0 Å². The van der Waals surface area contributed by atoms with Crippen LogP contribution in [0.2, 0.25) is 0 Å². The molecule has 4 atom stereocenters. The lowest BCUT2D eigenvalue weighted by Gasteiger charge is -2.43. The molecule has 0 aromatic rings. The average Bonchev–Trinajstić information content (AvgIpc) is 2.60. The molecule has 0 aromatic heterocycles. The zero-order chi connectivity index (χ0) is 10.6. The second-order valence-corrected chi connectivity index (χ2v) is 4.43. The van der Waals surface area contributed by atoms with Gasteiger partial charge >= 0.3 is 0 Å². The Morgan fingerprint density at radius 1 is 1.36 bits per heavy atom. The van der Waals surface area contributed by atoms with Crippen LogP contribution in [0.1, 0.15) is 20.3 Å². The van der Waals surface area contributed by atoms with Gasteiger partial charge < -0.3 is 19.3 Å². The maximum atomic E-state index is 10.1. The highest BCUT2D eigenvalue weighted by Gasteiger charge is 2.69. The van der Waals surface area contributed by atoms with E-state index in [0.29, 0.717) is 6.42 Å². The predicted molar refractivity (Wildman–Crippen MR) is 49.8 cm³/mol. The summed E-state index contributed by atoms with van der Waals surface area (Å²) in [5.41, 5.74) is -0.736. The first-order chi connectivity index (χ1) is 6.50. The molecule has 4 heteroatoms. The fourth-order valence-electron chi connectivity index (χ4n) is 2.86. The van der Waals surface area contributed by atoms with E-state index in [-0.39, 0.29) is 12.0 Å². The van der Waals surface area contributed by atoms with Crippen molar-refractivity contribution in [2.45, 2.75) is 43.9 Å². The van der Waals surface area contributed by atoms with Gasteiger partial charge in [0.1, 0.15) is 5.60 Å². The Kier molecular flexibility index (Phi) is 2.16. The van der Waals surface area contributed by atoms with Crippen LogP contribution in [0, 0.1) is 5.92 Å². The quantitative estimate of drug-likeness (QED) is 0.664. The molecule has 0 aromatic carbocycles. The lowest BCUT2D eigenvalue weighted by molar-refractivity contribution is -0.287.